The van der Waals surface area contributed by atoms with Crippen LogP contribution in [0.1, 0.15) is 20.8 Å². The molecule has 10 heteroatoms. The van der Waals surface area contributed by atoms with Crippen molar-refractivity contribution >= 4 is 27.9 Å². The number of para-hydroxylation sites is 1. The minimum absolute atomic E-state index is 0.0668. The normalized spacial score (nSPS) is 10.2. The lowest BCUT2D eigenvalue weighted by atomic mass is 10.0. The Morgan fingerprint density at radius 3 is 2.38 bits per heavy atom. The number of carbonyl (C=O) groups excluding carboxylic acids is 2. The number of methoxy groups -OCH3 is 3. The Morgan fingerprint density at radius 1 is 1.09 bits per heavy atom. The second kappa shape index (κ2) is 9.98. The van der Waals surface area contributed by atoms with E-state index < -0.39 is 11.9 Å². The average Bonchev–Trinajstić information content (AvgIpc) is 3.23. The molecule has 3 aromatic rings. The molecule has 0 aliphatic carbocycles. The Bertz CT molecular complexity index is 1200. The molecule has 0 saturated heterocycles. The van der Waals surface area contributed by atoms with Crippen molar-refractivity contribution in [2.24, 2.45) is 0 Å². The Labute approximate surface area is 192 Å². The number of hydrogen-bond acceptors (Lipinski definition) is 8. The number of halogens is 1. The molecule has 0 bridgehead atoms. The van der Waals surface area contributed by atoms with Crippen LogP contribution in [0.15, 0.2) is 46.9 Å². The monoisotopic (exact) mass is 499 g/mol. The van der Waals surface area contributed by atoms with Gasteiger partial charge < -0.3 is 18.9 Å². The van der Waals surface area contributed by atoms with Crippen LogP contribution in [-0.4, -0.2) is 49.7 Å². The van der Waals surface area contributed by atoms with Gasteiger partial charge in [-0.3, -0.25) is 0 Å². The van der Waals surface area contributed by atoms with Crippen molar-refractivity contribution in [3.63, 3.8) is 0 Å². The molecule has 1 heterocycles. The lowest BCUT2D eigenvalue weighted by Crippen LogP contribution is -2.15. The van der Waals surface area contributed by atoms with Gasteiger partial charge in [-0.1, -0.05) is 18.2 Å². The first-order chi connectivity index (χ1) is 15.5. The molecular formula is C22H18BrN3O6. The van der Waals surface area contributed by atoms with Crippen LogP contribution >= 0.6 is 15.9 Å². The number of esters is 2. The van der Waals surface area contributed by atoms with Crippen LogP contribution in [0.3, 0.4) is 0 Å². The highest BCUT2D eigenvalue weighted by Crippen LogP contribution is 2.41. The molecule has 0 N–H and O–H groups in total. The number of aromatic nitrogens is 2. The van der Waals surface area contributed by atoms with Gasteiger partial charge in [-0.2, -0.15) is 10.4 Å². The molecule has 164 valence electrons. The molecule has 0 amide bonds. The maximum absolute atomic E-state index is 12.8. The zero-order valence-electron chi connectivity index (χ0n) is 17.4. The van der Waals surface area contributed by atoms with Crippen LogP contribution in [0.4, 0.5) is 0 Å². The van der Waals surface area contributed by atoms with Gasteiger partial charge in [0.15, 0.2) is 23.8 Å². The highest BCUT2D eigenvalue weighted by Gasteiger charge is 2.32. The Balaban J connectivity index is 2.33. The number of ether oxygens (including phenoxy) is 4. The minimum atomic E-state index is -0.762. The van der Waals surface area contributed by atoms with Crippen molar-refractivity contribution in [1.82, 2.24) is 9.78 Å². The topological polar surface area (TPSA) is 113 Å². The van der Waals surface area contributed by atoms with E-state index in [9.17, 15) is 9.59 Å². The largest absolute Gasteiger partial charge is 0.493 e. The van der Waals surface area contributed by atoms with Crippen molar-refractivity contribution in [2.75, 3.05) is 27.9 Å². The summed E-state index contributed by atoms with van der Waals surface area (Å²) in [4.78, 5) is 25.4. The molecule has 2 aromatic carbocycles. The summed E-state index contributed by atoms with van der Waals surface area (Å²) in [6.45, 7) is -0.184. The number of nitriles is 1. The predicted molar refractivity (Wildman–Crippen MR) is 117 cm³/mol. The van der Waals surface area contributed by atoms with Crippen LogP contribution in [-0.2, 0) is 9.47 Å². The quantitative estimate of drug-likeness (QED) is 0.451. The Morgan fingerprint density at radius 2 is 1.78 bits per heavy atom. The van der Waals surface area contributed by atoms with E-state index in [2.05, 4.69) is 21.0 Å². The lowest BCUT2D eigenvalue weighted by molar-refractivity contribution is 0.0549. The van der Waals surface area contributed by atoms with E-state index in [1.54, 1.807) is 36.4 Å². The van der Waals surface area contributed by atoms with E-state index in [0.717, 1.165) is 0 Å². The van der Waals surface area contributed by atoms with Crippen molar-refractivity contribution in [3.8, 4) is 34.5 Å². The van der Waals surface area contributed by atoms with E-state index in [-0.39, 0.29) is 23.6 Å². The fourth-order valence-corrected chi connectivity index (χ4v) is 3.61. The van der Waals surface area contributed by atoms with Gasteiger partial charge in [-0.15, -0.1) is 0 Å². The minimum Gasteiger partial charge on any atom is -0.493 e. The SMILES string of the molecule is COC(=O)c1c(-c2cc(Br)c(OCC#N)c(OC)c2)nn(-c2ccccc2)c1C(=O)OC. The molecule has 0 saturated carbocycles. The zero-order chi connectivity index (χ0) is 23.3. The number of rotatable bonds is 7. The van der Waals surface area contributed by atoms with Crippen LogP contribution < -0.4 is 9.47 Å². The maximum Gasteiger partial charge on any atom is 0.357 e. The molecule has 0 fully saturated rings. The van der Waals surface area contributed by atoms with Gasteiger partial charge in [-0.05, 0) is 40.2 Å². The summed E-state index contributed by atoms with van der Waals surface area (Å²) >= 11 is 3.40. The third-order valence-electron chi connectivity index (χ3n) is 4.44. The van der Waals surface area contributed by atoms with Gasteiger partial charge in [0.1, 0.15) is 17.3 Å². The summed E-state index contributed by atoms with van der Waals surface area (Å²) in [7, 11) is 3.86. The molecule has 0 aliphatic rings. The maximum atomic E-state index is 12.8. The summed E-state index contributed by atoms with van der Waals surface area (Å²) in [6.07, 6.45) is 0. The van der Waals surface area contributed by atoms with Gasteiger partial charge >= 0.3 is 11.9 Å². The molecule has 9 nitrogen and oxygen atoms in total. The molecule has 3 rings (SSSR count). The molecular weight excluding hydrogens is 482 g/mol. The molecule has 0 radical (unpaired) electrons. The first-order valence-electron chi connectivity index (χ1n) is 9.19. The molecule has 1 aromatic heterocycles. The fourth-order valence-electron chi connectivity index (χ4n) is 3.06. The summed E-state index contributed by atoms with van der Waals surface area (Å²) < 4.78 is 22.5. The highest BCUT2D eigenvalue weighted by atomic mass is 79.9. The summed E-state index contributed by atoms with van der Waals surface area (Å²) in [5.74, 6) is -0.905. The van der Waals surface area contributed by atoms with Gasteiger partial charge in [0.2, 0.25) is 0 Å². The number of nitrogens with zero attached hydrogens (tertiary/aromatic N) is 3. The number of benzene rings is 2. The third-order valence-corrected chi connectivity index (χ3v) is 5.03. The first-order valence-corrected chi connectivity index (χ1v) is 9.98. The van der Waals surface area contributed by atoms with E-state index in [4.69, 9.17) is 24.2 Å². The van der Waals surface area contributed by atoms with Gasteiger partial charge in [0.05, 0.1) is 31.5 Å². The Hall–Kier alpha value is -3.84. The second-order valence-electron chi connectivity index (χ2n) is 6.24. The number of hydrogen-bond donors (Lipinski definition) is 0. The van der Waals surface area contributed by atoms with E-state index in [1.807, 2.05) is 12.1 Å². The van der Waals surface area contributed by atoms with Crippen molar-refractivity contribution in [2.45, 2.75) is 0 Å². The lowest BCUT2D eigenvalue weighted by Gasteiger charge is -2.12. The van der Waals surface area contributed by atoms with Gasteiger partial charge in [0.25, 0.3) is 0 Å². The van der Waals surface area contributed by atoms with Crippen molar-refractivity contribution in [1.29, 1.82) is 5.26 Å². The second-order valence-corrected chi connectivity index (χ2v) is 7.09. The van der Waals surface area contributed by atoms with Crippen molar-refractivity contribution < 1.29 is 28.5 Å². The highest BCUT2D eigenvalue weighted by molar-refractivity contribution is 9.10. The first kappa shape index (κ1) is 22.8. The van der Waals surface area contributed by atoms with Crippen LogP contribution in [0.25, 0.3) is 16.9 Å². The predicted octanol–water partition coefficient (Wildman–Crippen LogP) is 3.79. The molecule has 32 heavy (non-hydrogen) atoms. The Kier molecular flexibility index (Phi) is 7.12. The summed E-state index contributed by atoms with van der Waals surface area (Å²) in [6, 6.07) is 14.0. The summed E-state index contributed by atoms with van der Waals surface area (Å²) in [5.41, 5.74) is 1.01. The third kappa shape index (κ3) is 4.29. The van der Waals surface area contributed by atoms with E-state index >= 15 is 0 Å². The molecule has 0 spiro atoms. The number of carbonyl (C=O) groups is 2. The van der Waals surface area contributed by atoms with E-state index in [0.29, 0.717) is 27.2 Å². The zero-order valence-corrected chi connectivity index (χ0v) is 19.0. The summed E-state index contributed by atoms with van der Waals surface area (Å²) in [5, 5.41) is 13.4. The van der Waals surface area contributed by atoms with Crippen LogP contribution in [0.5, 0.6) is 11.5 Å². The van der Waals surface area contributed by atoms with Crippen LogP contribution in [0.2, 0.25) is 0 Å². The van der Waals surface area contributed by atoms with Gasteiger partial charge in [-0.25, -0.2) is 14.3 Å². The van der Waals surface area contributed by atoms with Crippen molar-refractivity contribution in [3.05, 3.63) is 58.2 Å². The van der Waals surface area contributed by atoms with Crippen LogP contribution in [0, 0.1) is 11.3 Å². The van der Waals surface area contributed by atoms with E-state index in [1.165, 1.54) is 26.0 Å². The standard InChI is InChI=1S/C22H18BrN3O6/c1-29-16-12-13(11-15(23)20(16)32-10-9-24)18-17(21(27)30-2)19(22(28)31-3)26(25-18)14-7-5-4-6-8-14/h4-8,11-12H,10H2,1-3H3. The van der Waals surface area contributed by atoms with Gasteiger partial charge in [0, 0.05) is 5.56 Å². The molecule has 0 unspecified atom stereocenters. The molecule has 0 atom stereocenters. The smallest absolute Gasteiger partial charge is 0.357 e. The average molecular weight is 500 g/mol. The molecule has 0 aliphatic heterocycles. The fraction of sp³-hybridized carbons (Fsp3) is 0.182.